The van der Waals surface area contributed by atoms with Crippen LogP contribution in [0.2, 0.25) is 0 Å². The Labute approximate surface area is 111 Å². The van der Waals surface area contributed by atoms with Crippen LogP contribution in [0.1, 0.15) is 6.42 Å². The molecule has 2 aromatic rings. The van der Waals surface area contributed by atoms with E-state index in [1.54, 1.807) is 10.9 Å². The minimum Gasteiger partial charge on any atom is -0.368 e. The molecule has 0 aliphatic carbocycles. The Bertz CT molecular complexity index is 625. The lowest BCUT2D eigenvalue weighted by Gasteiger charge is -2.05. The van der Waals surface area contributed by atoms with Crippen molar-refractivity contribution in [1.29, 1.82) is 0 Å². The summed E-state index contributed by atoms with van der Waals surface area (Å²) in [6.45, 7) is 0.556. The zero-order valence-corrected chi connectivity index (χ0v) is 10.7. The Balaban J connectivity index is 1.94. The first kappa shape index (κ1) is 13.1. The number of fused-ring (bicyclic) bond motifs is 1. The van der Waals surface area contributed by atoms with E-state index in [4.69, 9.17) is 11.2 Å². The lowest BCUT2D eigenvalue weighted by Crippen LogP contribution is -2.14. The van der Waals surface area contributed by atoms with Crippen LogP contribution in [0.5, 0.6) is 0 Å². The predicted molar refractivity (Wildman–Crippen MR) is 73.6 cm³/mol. The van der Waals surface area contributed by atoms with E-state index in [1.807, 2.05) is 25.2 Å². The number of rotatable bonds is 5. The first-order valence-corrected chi connectivity index (χ1v) is 5.93. The van der Waals surface area contributed by atoms with Crippen LogP contribution in [0.3, 0.4) is 0 Å². The minimum atomic E-state index is -0.0970. The largest absolute Gasteiger partial charge is 0.368 e. The van der Waals surface area contributed by atoms with Crippen molar-refractivity contribution in [3.05, 3.63) is 24.4 Å². The summed E-state index contributed by atoms with van der Waals surface area (Å²) < 4.78 is 6.84. The van der Waals surface area contributed by atoms with Gasteiger partial charge in [0.15, 0.2) is 0 Å². The van der Waals surface area contributed by atoms with Gasteiger partial charge in [0.25, 0.3) is 0 Å². The lowest BCUT2D eigenvalue weighted by atomic mass is 10.2. The fourth-order valence-electron chi connectivity index (χ4n) is 1.76. The molecule has 5 nitrogen and oxygen atoms in total. The number of nitrogens with zero attached hydrogens (tertiary/aromatic N) is 2. The van der Waals surface area contributed by atoms with Gasteiger partial charge in [0.1, 0.15) is 6.61 Å². The van der Waals surface area contributed by atoms with Crippen molar-refractivity contribution >= 4 is 22.5 Å². The number of aromatic nitrogens is 2. The van der Waals surface area contributed by atoms with Gasteiger partial charge in [-0.1, -0.05) is 5.92 Å². The van der Waals surface area contributed by atoms with E-state index in [9.17, 15) is 4.79 Å². The smallest absolute Gasteiger partial charge is 0.226 e. The lowest BCUT2D eigenvalue weighted by molar-refractivity contribution is -0.117. The molecular weight excluding hydrogens is 242 g/mol. The van der Waals surface area contributed by atoms with Crippen LogP contribution in [-0.4, -0.2) is 28.9 Å². The van der Waals surface area contributed by atoms with Crippen LogP contribution in [0.4, 0.5) is 5.69 Å². The fourth-order valence-corrected chi connectivity index (χ4v) is 1.76. The third kappa shape index (κ3) is 3.33. The van der Waals surface area contributed by atoms with E-state index in [-0.39, 0.29) is 18.9 Å². The topological polar surface area (TPSA) is 56.1 Å². The van der Waals surface area contributed by atoms with Crippen LogP contribution in [0.15, 0.2) is 24.4 Å². The van der Waals surface area contributed by atoms with E-state index in [0.29, 0.717) is 6.61 Å². The summed E-state index contributed by atoms with van der Waals surface area (Å²) in [5, 5.41) is 7.95. The molecule has 98 valence electrons. The van der Waals surface area contributed by atoms with Gasteiger partial charge in [0, 0.05) is 18.1 Å². The van der Waals surface area contributed by atoms with Crippen molar-refractivity contribution < 1.29 is 9.53 Å². The molecule has 2 rings (SSSR count). The van der Waals surface area contributed by atoms with Gasteiger partial charge < -0.3 is 10.1 Å². The Morgan fingerprint density at radius 1 is 1.58 bits per heavy atom. The van der Waals surface area contributed by atoms with Gasteiger partial charge in [-0.05, 0) is 18.2 Å². The van der Waals surface area contributed by atoms with Crippen LogP contribution >= 0.6 is 0 Å². The molecule has 0 saturated heterocycles. The average molecular weight is 257 g/mol. The second-order valence-electron chi connectivity index (χ2n) is 4.10. The highest BCUT2D eigenvalue weighted by Gasteiger charge is 2.04. The maximum atomic E-state index is 11.7. The molecular formula is C14H15N3O2. The summed E-state index contributed by atoms with van der Waals surface area (Å²) in [5.74, 6) is 2.25. The minimum absolute atomic E-state index is 0.0970. The van der Waals surface area contributed by atoms with Gasteiger partial charge in [-0.25, -0.2) is 0 Å². The number of ether oxygens (including phenoxy) is 1. The summed E-state index contributed by atoms with van der Waals surface area (Å²) in [6.07, 6.45) is 7.09. The number of carbonyl (C=O) groups is 1. The number of terminal acetylenes is 1. The Morgan fingerprint density at radius 2 is 2.42 bits per heavy atom. The number of hydrogen-bond acceptors (Lipinski definition) is 3. The first-order valence-electron chi connectivity index (χ1n) is 5.93. The van der Waals surface area contributed by atoms with Crippen molar-refractivity contribution in [2.24, 2.45) is 7.05 Å². The summed E-state index contributed by atoms with van der Waals surface area (Å²) in [4.78, 5) is 11.7. The summed E-state index contributed by atoms with van der Waals surface area (Å²) >= 11 is 0. The van der Waals surface area contributed by atoms with Crippen LogP contribution < -0.4 is 5.32 Å². The Hall–Kier alpha value is -2.32. The van der Waals surface area contributed by atoms with Gasteiger partial charge in [-0.15, -0.1) is 6.42 Å². The summed E-state index contributed by atoms with van der Waals surface area (Å²) in [6, 6.07) is 5.67. The quantitative estimate of drug-likeness (QED) is 0.653. The molecule has 0 radical (unpaired) electrons. The predicted octanol–water partition coefficient (Wildman–Crippen LogP) is 1.55. The maximum Gasteiger partial charge on any atom is 0.226 e. The highest BCUT2D eigenvalue weighted by atomic mass is 16.5. The molecule has 0 aliphatic rings. The number of carbonyl (C=O) groups excluding carboxylic acids is 1. The van der Waals surface area contributed by atoms with Crippen molar-refractivity contribution in [2.75, 3.05) is 18.5 Å². The Morgan fingerprint density at radius 3 is 3.21 bits per heavy atom. The molecule has 5 heteroatoms. The second-order valence-corrected chi connectivity index (χ2v) is 4.10. The standard InChI is InChI=1S/C14H15N3O2/c1-3-7-19-8-6-14(18)16-12-4-5-13-11(9-12)10-15-17(13)2/h1,4-5,9-10H,6-8H2,2H3,(H,16,18). The molecule has 19 heavy (non-hydrogen) atoms. The van der Waals surface area contributed by atoms with Crippen molar-refractivity contribution in [1.82, 2.24) is 9.78 Å². The third-order valence-corrected chi connectivity index (χ3v) is 2.69. The normalized spacial score (nSPS) is 10.3. The molecule has 0 bridgehead atoms. The molecule has 1 N–H and O–H groups in total. The van der Waals surface area contributed by atoms with Gasteiger partial charge in [-0.2, -0.15) is 5.10 Å². The van der Waals surface area contributed by atoms with E-state index < -0.39 is 0 Å². The van der Waals surface area contributed by atoms with Gasteiger partial charge in [0.05, 0.1) is 24.7 Å². The molecule has 1 aromatic carbocycles. The molecule has 0 unspecified atom stereocenters. The van der Waals surface area contributed by atoms with E-state index in [2.05, 4.69) is 16.3 Å². The van der Waals surface area contributed by atoms with Gasteiger partial charge in [0.2, 0.25) is 5.91 Å². The molecule has 0 atom stereocenters. The summed E-state index contributed by atoms with van der Waals surface area (Å²) in [5.41, 5.74) is 1.78. The number of anilines is 1. The molecule has 0 spiro atoms. The second kappa shape index (κ2) is 6.03. The van der Waals surface area contributed by atoms with E-state index in [0.717, 1.165) is 16.6 Å². The monoisotopic (exact) mass is 257 g/mol. The Kier molecular flexibility index (Phi) is 4.16. The first-order chi connectivity index (χ1) is 9.20. The van der Waals surface area contributed by atoms with E-state index in [1.165, 1.54) is 0 Å². The van der Waals surface area contributed by atoms with E-state index >= 15 is 0 Å². The zero-order chi connectivity index (χ0) is 13.7. The average Bonchev–Trinajstić information content (AvgIpc) is 2.76. The maximum absolute atomic E-state index is 11.7. The van der Waals surface area contributed by atoms with Gasteiger partial charge >= 0.3 is 0 Å². The molecule has 1 amide bonds. The van der Waals surface area contributed by atoms with Crippen molar-refractivity contribution in [2.45, 2.75) is 6.42 Å². The van der Waals surface area contributed by atoms with Crippen LogP contribution in [0, 0.1) is 12.3 Å². The molecule has 0 aliphatic heterocycles. The van der Waals surface area contributed by atoms with Crippen LogP contribution in [-0.2, 0) is 16.6 Å². The highest BCUT2D eigenvalue weighted by Crippen LogP contribution is 2.18. The van der Waals surface area contributed by atoms with Crippen molar-refractivity contribution in [3.8, 4) is 12.3 Å². The number of amides is 1. The van der Waals surface area contributed by atoms with Crippen LogP contribution in [0.25, 0.3) is 10.9 Å². The number of aryl methyl sites for hydroxylation is 1. The molecule has 0 saturated carbocycles. The molecule has 1 aromatic heterocycles. The third-order valence-electron chi connectivity index (χ3n) is 2.69. The number of hydrogen-bond donors (Lipinski definition) is 1. The number of nitrogens with one attached hydrogen (secondary N) is 1. The number of benzene rings is 1. The fraction of sp³-hybridized carbons (Fsp3) is 0.286. The molecule has 0 fully saturated rings. The SMILES string of the molecule is C#CCOCCC(=O)Nc1ccc2c(cnn2C)c1. The summed E-state index contributed by atoms with van der Waals surface area (Å²) in [7, 11) is 1.88. The zero-order valence-electron chi connectivity index (χ0n) is 10.7. The van der Waals surface area contributed by atoms with Crippen molar-refractivity contribution in [3.63, 3.8) is 0 Å². The highest BCUT2D eigenvalue weighted by molar-refractivity contribution is 5.93. The molecule has 1 heterocycles. The van der Waals surface area contributed by atoms with Gasteiger partial charge in [-0.3, -0.25) is 9.48 Å².